The summed E-state index contributed by atoms with van der Waals surface area (Å²) >= 11 is 3.14. The number of carbonyl (C=O) groups excluding carboxylic acids is 2. The van der Waals surface area contributed by atoms with Gasteiger partial charge < -0.3 is 10.1 Å². The lowest BCUT2D eigenvalue weighted by molar-refractivity contribution is -0.112. The molecule has 0 spiro atoms. The molecule has 0 aliphatic rings. The molecular formula is C23H14BrFN2O3. The second-order valence-corrected chi connectivity index (χ2v) is 6.99. The van der Waals surface area contributed by atoms with Gasteiger partial charge in [-0.1, -0.05) is 46.3 Å². The van der Waals surface area contributed by atoms with Crippen LogP contribution in [-0.2, 0) is 4.79 Å². The number of anilines is 1. The number of rotatable bonds is 5. The van der Waals surface area contributed by atoms with Crippen molar-refractivity contribution in [2.45, 2.75) is 0 Å². The second-order valence-electron chi connectivity index (χ2n) is 6.07. The molecule has 0 fully saturated rings. The minimum atomic E-state index is -0.738. The summed E-state index contributed by atoms with van der Waals surface area (Å²) < 4.78 is 19.7. The van der Waals surface area contributed by atoms with Crippen LogP contribution >= 0.6 is 15.9 Å². The smallest absolute Gasteiger partial charge is 0.343 e. The van der Waals surface area contributed by atoms with Gasteiger partial charge in [0.05, 0.1) is 11.3 Å². The zero-order valence-corrected chi connectivity index (χ0v) is 17.0. The normalized spacial score (nSPS) is 10.8. The molecule has 5 nitrogen and oxygen atoms in total. The third-order valence-corrected chi connectivity index (χ3v) is 4.45. The Morgan fingerprint density at radius 2 is 1.73 bits per heavy atom. The van der Waals surface area contributed by atoms with Crippen molar-refractivity contribution in [3.8, 4) is 11.8 Å². The molecule has 1 amide bonds. The number of nitrogens with zero attached hydrogens (tertiary/aromatic N) is 1. The third kappa shape index (κ3) is 5.40. The van der Waals surface area contributed by atoms with Crippen LogP contribution in [0.15, 0.2) is 82.8 Å². The summed E-state index contributed by atoms with van der Waals surface area (Å²) in [6.07, 6.45) is 1.36. The van der Waals surface area contributed by atoms with Crippen LogP contribution in [-0.4, -0.2) is 11.9 Å². The molecule has 0 aliphatic carbocycles. The summed E-state index contributed by atoms with van der Waals surface area (Å²) in [6, 6.07) is 20.8. The van der Waals surface area contributed by atoms with Crippen molar-refractivity contribution in [2.75, 3.05) is 5.32 Å². The molecule has 0 saturated carbocycles. The first-order chi connectivity index (χ1) is 14.5. The zero-order valence-electron chi connectivity index (χ0n) is 15.4. The Kier molecular flexibility index (Phi) is 6.73. The van der Waals surface area contributed by atoms with Gasteiger partial charge in [-0.3, -0.25) is 4.79 Å². The summed E-state index contributed by atoms with van der Waals surface area (Å²) in [5.41, 5.74) is 0.724. The van der Waals surface area contributed by atoms with E-state index in [4.69, 9.17) is 4.74 Å². The average Bonchev–Trinajstić information content (AvgIpc) is 2.75. The van der Waals surface area contributed by atoms with E-state index in [1.165, 1.54) is 18.2 Å². The molecule has 0 bridgehead atoms. The van der Waals surface area contributed by atoms with E-state index in [9.17, 15) is 19.2 Å². The highest BCUT2D eigenvalue weighted by atomic mass is 79.9. The molecule has 0 atom stereocenters. The first-order valence-corrected chi connectivity index (χ1v) is 9.51. The predicted molar refractivity (Wildman–Crippen MR) is 114 cm³/mol. The Balaban J connectivity index is 1.70. The number of benzene rings is 3. The van der Waals surface area contributed by atoms with E-state index >= 15 is 0 Å². The fourth-order valence-corrected chi connectivity index (χ4v) is 2.80. The number of ether oxygens (including phenoxy) is 1. The third-order valence-electron chi connectivity index (χ3n) is 3.96. The van der Waals surface area contributed by atoms with Crippen molar-refractivity contribution < 1.29 is 18.7 Å². The lowest BCUT2D eigenvalue weighted by Gasteiger charge is -2.07. The van der Waals surface area contributed by atoms with E-state index < -0.39 is 17.7 Å². The molecule has 3 aromatic rings. The van der Waals surface area contributed by atoms with Crippen molar-refractivity contribution in [3.63, 3.8) is 0 Å². The van der Waals surface area contributed by atoms with Crippen LogP contribution in [0.4, 0.5) is 10.1 Å². The molecular weight excluding hydrogens is 451 g/mol. The quantitative estimate of drug-likeness (QED) is 0.238. The fraction of sp³-hybridized carbons (Fsp3) is 0. The first kappa shape index (κ1) is 21.0. The van der Waals surface area contributed by atoms with Crippen LogP contribution in [0, 0.1) is 17.1 Å². The van der Waals surface area contributed by atoms with Crippen molar-refractivity contribution >= 4 is 39.6 Å². The number of nitrogens with one attached hydrogen (secondary N) is 1. The van der Waals surface area contributed by atoms with Gasteiger partial charge in [0.2, 0.25) is 0 Å². The molecule has 148 valence electrons. The molecule has 3 aromatic carbocycles. The maximum Gasteiger partial charge on any atom is 0.343 e. The Morgan fingerprint density at radius 1 is 1.03 bits per heavy atom. The summed E-state index contributed by atoms with van der Waals surface area (Å²) in [7, 11) is 0. The Bertz CT molecular complexity index is 1150. The molecule has 0 aliphatic heterocycles. The lowest BCUT2D eigenvalue weighted by Crippen LogP contribution is -2.14. The van der Waals surface area contributed by atoms with Crippen LogP contribution in [0.2, 0.25) is 0 Å². The van der Waals surface area contributed by atoms with Crippen LogP contribution in [0.3, 0.4) is 0 Å². The van der Waals surface area contributed by atoms with Crippen molar-refractivity contribution in [2.24, 2.45) is 0 Å². The van der Waals surface area contributed by atoms with E-state index in [0.717, 1.165) is 0 Å². The predicted octanol–water partition coefficient (Wildman–Crippen LogP) is 5.35. The van der Waals surface area contributed by atoms with Gasteiger partial charge in [0.1, 0.15) is 23.2 Å². The van der Waals surface area contributed by atoms with Crippen LogP contribution < -0.4 is 10.1 Å². The van der Waals surface area contributed by atoms with Gasteiger partial charge in [0, 0.05) is 4.47 Å². The first-order valence-electron chi connectivity index (χ1n) is 8.72. The minimum Gasteiger partial charge on any atom is -0.423 e. The van der Waals surface area contributed by atoms with Crippen molar-refractivity contribution in [1.82, 2.24) is 0 Å². The average molecular weight is 465 g/mol. The Hall–Kier alpha value is -3.76. The number of carbonyl (C=O) groups is 2. The summed E-state index contributed by atoms with van der Waals surface area (Å²) in [5, 5.41) is 11.7. The molecule has 3 rings (SSSR count). The number of amides is 1. The monoisotopic (exact) mass is 464 g/mol. The van der Waals surface area contributed by atoms with E-state index in [1.807, 2.05) is 0 Å². The summed E-state index contributed by atoms with van der Waals surface area (Å²) in [4.78, 5) is 24.4. The molecule has 0 radical (unpaired) electrons. The van der Waals surface area contributed by atoms with E-state index in [-0.39, 0.29) is 11.3 Å². The maximum atomic E-state index is 13.9. The fourth-order valence-electron chi connectivity index (χ4n) is 2.47. The van der Waals surface area contributed by atoms with Gasteiger partial charge in [-0.2, -0.15) is 5.26 Å². The van der Waals surface area contributed by atoms with Gasteiger partial charge in [0.25, 0.3) is 5.91 Å². The van der Waals surface area contributed by atoms with E-state index in [2.05, 4.69) is 21.2 Å². The molecule has 0 unspecified atom stereocenters. The van der Waals surface area contributed by atoms with Gasteiger partial charge >= 0.3 is 5.97 Å². The molecule has 0 saturated heterocycles. The van der Waals surface area contributed by atoms with Crippen LogP contribution in [0.5, 0.6) is 5.75 Å². The summed E-state index contributed by atoms with van der Waals surface area (Å²) in [6.45, 7) is 0. The molecule has 1 N–H and O–H groups in total. The zero-order chi connectivity index (χ0) is 21.5. The molecule has 30 heavy (non-hydrogen) atoms. The second kappa shape index (κ2) is 9.63. The summed E-state index contributed by atoms with van der Waals surface area (Å²) in [5.74, 6) is -1.54. The maximum absolute atomic E-state index is 13.9. The van der Waals surface area contributed by atoms with Gasteiger partial charge in [-0.05, 0) is 54.1 Å². The Morgan fingerprint density at radius 3 is 2.37 bits per heavy atom. The van der Waals surface area contributed by atoms with E-state index in [0.29, 0.717) is 21.3 Å². The number of esters is 1. The highest BCUT2D eigenvalue weighted by Crippen LogP contribution is 2.21. The SMILES string of the molecule is N#CC(=Cc1ccc(OC(=O)c2ccccc2)cc1)C(=O)Nc1ccc(Br)cc1F. The highest BCUT2D eigenvalue weighted by Gasteiger charge is 2.13. The molecule has 0 heterocycles. The van der Waals surface area contributed by atoms with Gasteiger partial charge in [-0.25, -0.2) is 9.18 Å². The molecule has 0 aromatic heterocycles. The van der Waals surface area contributed by atoms with Gasteiger partial charge in [-0.15, -0.1) is 0 Å². The highest BCUT2D eigenvalue weighted by molar-refractivity contribution is 9.10. The van der Waals surface area contributed by atoms with E-state index in [1.54, 1.807) is 66.7 Å². The van der Waals surface area contributed by atoms with Crippen LogP contribution in [0.1, 0.15) is 15.9 Å². The number of nitriles is 1. The Labute approximate surface area is 180 Å². The number of halogens is 2. The molecule has 7 heteroatoms. The minimum absolute atomic E-state index is 0.0347. The lowest BCUT2D eigenvalue weighted by atomic mass is 10.1. The van der Waals surface area contributed by atoms with Crippen molar-refractivity contribution in [3.05, 3.63) is 99.8 Å². The topological polar surface area (TPSA) is 79.2 Å². The largest absolute Gasteiger partial charge is 0.423 e. The van der Waals surface area contributed by atoms with Gasteiger partial charge in [0.15, 0.2) is 0 Å². The number of hydrogen-bond donors (Lipinski definition) is 1. The van der Waals surface area contributed by atoms with Crippen molar-refractivity contribution in [1.29, 1.82) is 5.26 Å². The standard InChI is InChI=1S/C23H14BrFN2O3/c24-18-8-11-21(20(25)13-18)27-22(28)17(14-26)12-15-6-9-19(10-7-15)30-23(29)16-4-2-1-3-5-16/h1-13H,(H,27,28). The van der Waals surface area contributed by atoms with Crippen LogP contribution in [0.25, 0.3) is 6.08 Å². The number of hydrogen-bond acceptors (Lipinski definition) is 4.